The molecule has 0 radical (unpaired) electrons. The SMILES string of the molecule is CCCNC(=O)c1ccc(NC(C)C)c(N)c1. The van der Waals surface area contributed by atoms with Crippen LogP contribution in [0.1, 0.15) is 37.6 Å². The lowest BCUT2D eigenvalue weighted by Gasteiger charge is -2.13. The van der Waals surface area contributed by atoms with Crippen LogP contribution in [-0.4, -0.2) is 18.5 Å². The third-order valence-electron chi connectivity index (χ3n) is 2.29. The molecule has 0 saturated carbocycles. The molecule has 0 saturated heterocycles. The van der Waals surface area contributed by atoms with Crippen LogP contribution in [0, 0.1) is 0 Å². The Morgan fingerprint density at radius 1 is 1.41 bits per heavy atom. The maximum absolute atomic E-state index is 11.7. The van der Waals surface area contributed by atoms with Crippen molar-refractivity contribution in [3.8, 4) is 0 Å². The minimum atomic E-state index is -0.0744. The molecule has 4 heteroatoms. The van der Waals surface area contributed by atoms with E-state index in [-0.39, 0.29) is 5.91 Å². The number of nitrogen functional groups attached to an aromatic ring is 1. The number of carbonyl (C=O) groups is 1. The molecule has 0 spiro atoms. The average Bonchev–Trinajstić information content (AvgIpc) is 2.28. The van der Waals surface area contributed by atoms with Crippen LogP contribution in [0.15, 0.2) is 18.2 Å². The zero-order valence-corrected chi connectivity index (χ0v) is 10.7. The highest BCUT2D eigenvalue weighted by atomic mass is 16.1. The van der Waals surface area contributed by atoms with E-state index in [0.717, 1.165) is 12.1 Å². The van der Waals surface area contributed by atoms with Gasteiger partial charge in [-0.25, -0.2) is 0 Å². The van der Waals surface area contributed by atoms with Crippen LogP contribution in [0.4, 0.5) is 11.4 Å². The lowest BCUT2D eigenvalue weighted by molar-refractivity contribution is 0.0953. The molecule has 0 atom stereocenters. The van der Waals surface area contributed by atoms with Gasteiger partial charge in [0.05, 0.1) is 11.4 Å². The Morgan fingerprint density at radius 2 is 2.12 bits per heavy atom. The molecule has 0 aliphatic carbocycles. The predicted octanol–water partition coefficient (Wildman–Crippen LogP) is 2.23. The molecule has 17 heavy (non-hydrogen) atoms. The van der Waals surface area contributed by atoms with E-state index in [1.165, 1.54) is 0 Å². The summed E-state index contributed by atoms with van der Waals surface area (Å²) in [5, 5.41) is 6.05. The summed E-state index contributed by atoms with van der Waals surface area (Å²) in [4.78, 5) is 11.7. The summed E-state index contributed by atoms with van der Waals surface area (Å²) >= 11 is 0. The fraction of sp³-hybridized carbons (Fsp3) is 0.462. The van der Waals surface area contributed by atoms with E-state index in [9.17, 15) is 4.79 Å². The molecule has 1 aromatic carbocycles. The summed E-state index contributed by atoms with van der Waals surface area (Å²) < 4.78 is 0. The monoisotopic (exact) mass is 235 g/mol. The fourth-order valence-electron chi connectivity index (χ4n) is 1.49. The topological polar surface area (TPSA) is 67.2 Å². The molecule has 4 N–H and O–H groups in total. The van der Waals surface area contributed by atoms with Gasteiger partial charge >= 0.3 is 0 Å². The summed E-state index contributed by atoms with van der Waals surface area (Å²) in [7, 11) is 0. The Balaban J connectivity index is 2.77. The molecule has 1 rings (SSSR count). The van der Waals surface area contributed by atoms with Crippen molar-refractivity contribution >= 4 is 17.3 Å². The summed E-state index contributed by atoms with van der Waals surface area (Å²) in [6, 6.07) is 5.65. The zero-order valence-electron chi connectivity index (χ0n) is 10.7. The second-order valence-corrected chi connectivity index (χ2v) is 4.36. The van der Waals surface area contributed by atoms with Crippen LogP contribution in [0.25, 0.3) is 0 Å². The summed E-state index contributed by atoms with van der Waals surface area (Å²) in [5.41, 5.74) is 7.96. The summed E-state index contributed by atoms with van der Waals surface area (Å²) in [6.45, 7) is 6.79. The van der Waals surface area contributed by atoms with E-state index in [0.29, 0.717) is 23.8 Å². The second kappa shape index (κ2) is 6.13. The van der Waals surface area contributed by atoms with E-state index < -0.39 is 0 Å². The molecule has 1 aromatic rings. The van der Waals surface area contributed by atoms with E-state index >= 15 is 0 Å². The Hall–Kier alpha value is -1.71. The van der Waals surface area contributed by atoms with Crippen molar-refractivity contribution in [1.82, 2.24) is 5.32 Å². The van der Waals surface area contributed by atoms with Gasteiger partial charge in [0.1, 0.15) is 0 Å². The molecule has 94 valence electrons. The number of rotatable bonds is 5. The number of nitrogens with two attached hydrogens (primary N) is 1. The number of anilines is 2. The van der Waals surface area contributed by atoms with Crippen molar-refractivity contribution in [1.29, 1.82) is 0 Å². The maximum atomic E-state index is 11.7. The van der Waals surface area contributed by atoms with Crippen LogP contribution in [-0.2, 0) is 0 Å². The lowest BCUT2D eigenvalue weighted by atomic mass is 10.1. The molecule has 0 aliphatic heterocycles. The normalized spacial score (nSPS) is 10.4. The van der Waals surface area contributed by atoms with Crippen molar-refractivity contribution in [2.24, 2.45) is 0 Å². The van der Waals surface area contributed by atoms with Crippen molar-refractivity contribution in [3.05, 3.63) is 23.8 Å². The van der Waals surface area contributed by atoms with Crippen LogP contribution in [0.3, 0.4) is 0 Å². The standard InChI is InChI=1S/C13H21N3O/c1-4-7-15-13(17)10-5-6-12(11(14)8-10)16-9(2)3/h5-6,8-9,16H,4,7,14H2,1-3H3,(H,15,17). The van der Waals surface area contributed by atoms with E-state index in [1.54, 1.807) is 12.1 Å². The second-order valence-electron chi connectivity index (χ2n) is 4.36. The van der Waals surface area contributed by atoms with Gasteiger partial charge in [-0.15, -0.1) is 0 Å². The van der Waals surface area contributed by atoms with Gasteiger partial charge < -0.3 is 16.4 Å². The molecule has 0 aromatic heterocycles. The smallest absolute Gasteiger partial charge is 0.251 e. The molecular weight excluding hydrogens is 214 g/mol. The minimum Gasteiger partial charge on any atom is -0.397 e. The Bertz CT molecular complexity index is 388. The number of amides is 1. The predicted molar refractivity (Wildman–Crippen MR) is 72.2 cm³/mol. The third-order valence-corrected chi connectivity index (χ3v) is 2.29. The average molecular weight is 235 g/mol. The number of benzene rings is 1. The van der Waals surface area contributed by atoms with Gasteiger partial charge in [-0.1, -0.05) is 6.92 Å². The van der Waals surface area contributed by atoms with Gasteiger partial charge in [-0.05, 0) is 38.5 Å². The zero-order chi connectivity index (χ0) is 12.8. The van der Waals surface area contributed by atoms with Crippen LogP contribution in [0.2, 0.25) is 0 Å². The van der Waals surface area contributed by atoms with Gasteiger partial charge in [0, 0.05) is 18.2 Å². The van der Waals surface area contributed by atoms with E-state index in [4.69, 9.17) is 5.73 Å². The Kier molecular flexibility index (Phi) is 4.82. The number of carbonyl (C=O) groups excluding carboxylic acids is 1. The quantitative estimate of drug-likeness (QED) is 0.686. The molecular formula is C13H21N3O. The van der Waals surface area contributed by atoms with Crippen molar-refractivity contribution < 1.29 is 4.79 Å². The highest BCUT2D eigenvalue weighted by Crippen LogP contribution is 2.20. The molecule has 4 nitrogen and oxygen atoms in total. The lowest BCUT2D eigenvalue weighted by Crippen LogP contribution is -2.24. The Labute approximate surface area is 103 Å². The summed E-state index contributed by atoms with van der Waals surface area (Å²) in [6.07, 6.45) is 0.925. The van der Waals surface area contributed by atoms with Gasteiger partial charge in [0.25, 0.3) is 5.91 Å². The highest BCUT2D eigenvalue weighted by Gasteiger charge is 2.07. The minimum absolute atomic E-state index is 0.0744. The van der Waals surface area contributed by atoms with Crippen molar-refractivity contribution in [3.63, 3.8) is 0 Å². The Morgan fingerprint density at radius 3 is 2.65 bits per heavy atom. The first-order valence-corrected chi connectivity index (χ1v) is 5.98. The van der Waals surface area contributed by atoms with Gasteiger partial charge in [-0.2, -0.15) is 0 Å². The summed E-state index contributed by atoms with van der Waals surface area (Å²) in [5.74, 6) is -0.0744. The third kappa shape index (κ3) is 3.98. The number of nitrogens with one attached hydrogen (secondary N) is 2. The molecule has 0 unspecified atom stereocenters. The highest BCUT2D eigenvalue weighted by molar-refractivity contribution is 5.96. The molecule has 0 heterocycles. The van der Waals surface area contributed by atoms with E-state index in [1.807, 2.05) is 26.8 Å². The molecule has 1 amide bonds. The van der Waals surface area contributed by atoms with E-state index in [2.05, 4.69) is 10.6 Å². The van der Waals surface area contributed by atoms with Crippen LogP contribution >= 0.6 is 0 Å². The van der Waals surface area contributed by atoms with Crippen LogP contribution < -0.4 is 16.4 Å². The first-order chi connectivity index (χ1) is 8.04. The van der Waals surface area contributed by atoms with Crippen LogP contribution in [0.5, 0.6) is 0 Å². The molecule has 0 fully saturated rings. The fourth-order valence-corrected chi connectivity index (χ4v) is 1.49. The largest absolute Gasteiger partial charge is 0.397 e. The first-order valence-electron chi connectivity index (χ1n) is 5.98. The van der Waals surface area contributed by atoms with Gasteiger partial charge in [-0.3, -0.25) is 4.79 Å². The number of hydrogen-bond acceptors (Lipinski definition) is 3. The first kappa shape index (κ1) is 13.4. The number of hydrogen-bond donors (Lipinski definition) is 3. The van der Waals surface area contributed by atoms with Gasteiger partial charge in [0.2, 0.25) is 0 Å². The van der Waals surface area contributed by atoms with Gasteiger partial charge in [0.15, 0.2) is 0 Å². The van der Waals surface area contributed by atoms with Crippen molar-refractivity contribution in [2.75, 3.05) is 17.6 Å². The maximum Gasteiger partial charge on any atom is 0.251 e. The molecule has 0 bridgehead atoms. The molecule has 0 aliphatic rings. The van der Waals surface area contributed by atoms with Crippen molar-refractivity contribution in [2.45, 2.75) is 33.2 Å².